The van der Waals surface area contributed by atoms with Crippen molar-refractivity contribution >= 4 is 5.78 Å². The van der Waals surface area contributed by atoms with Crippen molar-refractivity contribution in [2.75, 3.05) is 13.2 Å². The van der Waals surface area contributed by atoms with Gasteiger partial charge in [0.05, 0.1) is 19.1 Å². The molecule has 0 saturated carbocycles. The summed E-state index contributed by atoms with van der Waals surface area (Å²) >= 11 is 0. The molecule has 2 aromatic rings. The Balaban J connectivity index is 2.13. The second kappa shape index (κ2) is 3.64. The van der Waals surface area contributed by atoms with Gasteiger partial charge in [-0.1, -0.05) is 0 Å². The Hall–Kier alpha value is -1.73. The number of rotatable bonds is 1. The number of fused-ring (bicyclic) bond motifs is 1. The van der Waals surface area contributed by atoms with Crippen LogP contribution in [-0.2, 0) is 4.74 Å². The molecule has 7 nitrogen and oxygen atoms in total. The van der Waals surface area contributed by atoms with E-state index in [9.17, 15) is 4.79 Å². The molecule has 1 aliphatic heterocycles. The molecule has 1 fully saturated rings. The molecular formula is C10H13N5O2. The van der Waals surface area contributed by atoms with Gasteiger partial charge >= 0.3 is 0 Å². The molecule has 3 N–H and O–H groups in total. The van der Waals surface area contributed by atoms with Crippen LogP contribution < -0.4 is 11.3 Å². The topological polar surface area (TPSA) is 98.3 Å². The molecule has 17 heavy (non-hydrogen) atoms. The first-order valence-corrected chi connectivity index (χ1v) is 5.45. The largest absolute Gasteiger partial charge is 0.379 e. The standard InChI is InChI=1S/C10H13N5O2/c1-5-2-8(16)15-10(12-5)13-9(14-15)6-3-17-4-7(6)11/h2,6-7H,3-4,11H2,1H3,(H,12,13,14). The van der Waals surface area contributed by atoms with Gasteiger partial charge in [-0.25, -0.2) is 4.98 Å². The summed E-state index contributed by atoms with van der Waals surface area (Å²) in [5.41, 5.74) is 6.39. The Morgan fingerprint density at radius 2 is 2.35 bits per heavy atom. The lowest BCUT2D eigenvalue weighted by Gasteiger charge is -2.08. The molecule has 3 heterocycles. The van der Waals surface area contributed by atoms with Crippen molar-refractivity contribution in [3.8, 4) is 0 Å². The van der Waals surface area contributed by atoms with Gasteiger partial charge in [-0.15, -0.1) is 0 Å². The Kier molecular flexibility index (Phi) is 2.23. The second-order valence-electron chi connectivity index (χ2n) is 4.29. The Morgan fingerprint density at radius 3 is 3.06 bits per heavy atom. The molecule has 2 aromatic heterocycles. The highest BCUT2D eigenvalue weighted by atomic mass is 16.5. The molecule has 2 atom stereocenters. The van der Waals surface area contributed by atoms with Crippen LogP contribution >= 0.6 is 0 Å². The number of aryl methyl sites for hydroxylation is 1. The summed E-state index contributed by atoms with van der Waals surface area (Å²) in [6.45, 7) is 2.80. The molecule has 0 aromatic carbocycles. The molecule has 90 valence electrons. The van der Waals surface area contributed by atoms with E-state index in [4.69, 9.17) is 10.5 Å². The lowest BCUT2D eigenvalue weighted by atomic mass is 10.0. The zero-order valence-electron chi connectivity index (χ0n) is 9.38. The zero-order chi connectivity index (χ0) is 12.0. The van der Waals surface area contributed by atoms with E-state index in [1.165, 1.54) is 10.6 Å². The van der Waals surface area contributed by atoms with E-state index in [1.807, 2.05) is 0 Å². The van der Waals surface area contributed by atoms with Crippen LogP contribution in [-0.4, -0.2) is 38.8 Å². The van der Waals surface area contributed by atoms with Crippen molar-refractivity contribution in [2.45, 2.75) is 18.9 Å². The molecule has 1 saturated heterocycles. The van der Waals surface area contributed by atoms with Crippen LogP contribution in [0.1, 0.15) is 17.4 Å². The number of nitrogens with two attached hydrogens (primary N) is 1. The maximum Gasteiger partial charge on any atom is 0.274 e. The number of hydrogen-bond donors (Lipinski definition) is 2. The van der Waals surface area contributed by atoms with Crippen molar-refractivity contribution in [3.05, 3.63) is 27.9 Å². The van der Waals surface area contributed by atoms with E-state index in [1.54, 1.807) is 6.92 Å². The third kappa shape index (κ3) is 1.63. The van der Waals surface area contributed by atoms with Crippen molar-refractivity contribution in [3.63, 3.8) is 0 Å². The number of H-pyrrole nitrogens is 1. The highest BCUT2D eigenvalue weighted by Crippen LogP contribution is 2.21. The third-order valence-electron chi connectivity index (χ3n) is 2.95. The Bertz CT molecular complexity index is 617. The molecule has 0 spiro atoms. The molecule has 7 heteroatoms. The van der Waals surface area contributed by atoms with Crippen molar-refractivity contribution in [1.29, 1.82) is 0 Å². The lowest BCUT2D eigenvalue weighted by molar-refractivity contribution is 0.190. The quantitative estimate of drug-likeness (QED) is 0.672. The van der Waals surface area contributed by atoms with Gasteiger partial charge in [0.15, 0.2) is 0 Å². The molecule has 3 rings (SSSR count). The normalized spacial score (nSPS) is 24.6. The lowest BCUT2D eigenvalue weighted by Crippen LogP contribution is -2.27. The monoisotopic (exact) mass is 235 g/mol. The zero-order valence-corrected chi connectivity index (χ0v) is 9.38. The maximum absolute atomic E-state index is 11.7. The first-order chi connectivity index (χ1) is 8.15. The predicted molar refractivity (Wildman–Crippen MR) is 59.9 cm³/mol. The van der Waals surface area contributed by atoms with Crippen molar-refractivity contribution < 1.29 is 4.74 Å². The minimum Gasteiger partial charge on any atom is -0.379 e. The molecule has 0 aliphatic carbocycles. The summed E-state index contributed by atoms with van der Waals surface area (Å²) in [5.74, 6) is 1.03. The number of aromatic nitrogens is 4. The van der Waals surface area contributed by atoms with Crippen molar-refractivity contribution in [2.24, 2.45) is 5.73 Å². The van der Waals surface area contributed by atoms with Gasteiger partial charge in [-0.05, 0) is 6.92 Å². The summed E-state index contributed by atoms with van der Waals surface area (Å²) in [6, 6.07) is 1.37. The van der Waals surface area contributed by atoms with Gasteiger partial charge in [-0.2, -0.15) is 9.50 Å². The summed E-state index contributed by atoms with van der Waals surface area (Å²) in [6.07, 6.45) is 0. The maximum atomic E-state index is 11.7. The van der Waals surface area contributed by atoms with Crippen LogP contribution in [0.2, 0.25) is 0 Å². The van der Waals surface area contributed by atoms with E-state index in [0.29, 0.717) is 30.5 Å². The predicted octanol–water partition coefficient (Wildman–Crippen LogP) is -0.833. The molecule has 0 amide bonds. The molecule has 0 bridgehead atoms. The summed E-state index contributed by atoms with van der Waals surface area (Å²) in [5, 5.41) is 2.93. The second-order valence-corrected chi connectivity index (χ2v) is 4.29. The average molecular weight is 235 g/mol. The van der Waals surface area contributed by atoms with E-state index in [-0.39, 0.29) is 17.5 Å². The first kappa shape index (κ1) is 10.4. The van der Waals surface area contributed by atoms with Crippen LogP contribution in [0.4, 0.5) is 0 Å². The number of ether oxygens (including phenoxy) is 1. The molecule has 0 radical (unpaired) electrons. The third-order valence-corrected chi connectivity index (χ3v) is 2.95. The minimum atomic E-state index is -0.168. The van der Waals surface area contributed by atoms with Crippen molar-refractivity contribution in [1.82, 2.24) is 19.6 Å². The fraction of sp³-hybridized carbons (Fsp3) is 0.500. The Labute approximate surface area is 96.6 Å². The SMILES string of the molecule is Cc1cc(=O)n2[nH]c(C3COCC3N)nc2n1. The fourth-order valence-electron chi connectivity index (χ4n) is 2.03. The first-order valence-electron chi connectivity index (χ1n) is 5.45. The minimum absolute atomic E-state index is 0.00333. The number of aromatic amines is 1. The molecular weight excluding hydrogens is 222 g/mol. The van der Waals surface area contributed by atoms with Gasteiger partial charge in [0.1, 0.15) is 5.82 Å². The Morgan fingerprint density at radius 1 is 1.53 bits per heavy atom. The summed E-state index contributed by atoms with van der Waals surface area (Å²) in [7, 11) is 0. The number of nitrogens with zero attached hydrogens (tertiary/aromatic N) is 3. The number of nitrogens with one attached hydrogen (secondary N) is 1. The van der Waals surface area contributed by atoms with E-state index < -0.39 is 0 Å². The van der Waals surface area contributed by atoms with Gasteiger partial charge in [-0.3, -0.25) is 9.89 Å². The molecule has 1 aliphatic rings. The summed E-state index contributed by atoms with van der Waals surface area (Å²) < 4.78 is 6.61. The van der Waals surface area contributed by atoms with Gasteiger partial charge < -0.3 is 10.5 Å². The fourth-order valence-corrected chi connectivity index (χ4v) is 2.03. The highest BCUT2D eigenvalue weighted by molar-refractivity contribution is 5.29. The van der Waals surface area contributed by atoms with Crippen LogP contribution in [0.15, 0.2) is 10.9 Å². The van der Waals surface area contributed by atoms with Crippen LogP contribution in [0, 0.1) is 6.92 Å². The van der Waals surface area contributed by atoms with Gasteiger partial charge in [0.2, 0.25) is 0 Å². The summed E-state index contributed by atoms with van der Waals surface area (Å²) in [4.78, 5) is 20.2. The smallest absolute Gasteiger partial charge is 0.274 e. The van der Waals surface area contributed by atoms with Crippen LogP contribution in [0.25, 0.3) is 5.78 Å². The number of hydrogen-bond acceptors (Lipinski definition) is 5. The van der Waals surface area contributed by atoms with Crippen LogP contribution in [0.5, 0.6) is 0 Å². The van der Waals surface area contributed by atoms with Crippen LogP contribution in [0.3, 0.4) is 0 Å². The van der Waals surface area contributed by atoms with E-state index in [0.717, 1.165) is 0 Å². The van der Waals surface area contributed by atoms with Gasteiger partial charge in [0.25, 0.3) is 11.3 Å². The average Bonchev–Trinajstić information content (AvgIpc) is 2.83. The van der Waals surface area contributed by atoms with E-state index in [2.05, 4.69) is 15.1 Å². The van der Waals surface area contributed by atoms with E-state index >= 15 is 0 Å². The van der Waals surface area contributed by atoms with Gasteiger partial charge in [0, 0.05) is 17.8 Å². The molecule has 2 unspecified atom stereocenters. The highest BCUT2D eigenvalue weighted by Gasteiger charge is 2.29.